The molecule has 0 fully saturated rings. The van der Waals surface area contributed by atoms with E-state index < -0.39 is 0 Å². The second kappa shape index (κ2) is 11.4. The maximum Gasteiger partial charge on any atom is 0.189 e. The van der Waals surface area contributed by atoms with Gasteiger partial charge in [0.15, 0.2) is 5.69 Å². The van der Waals surface area contributed by atoms with Crippen LogP contribution in [0.25, 0.3) is 82.1 Å². The second-order valence-electron chi connectivity index (χ2n) is 12.2. The molecule has 5 heteroatoms. The van der Waals surface area contributed by atoms with Gasteiger partial charge in [-0.15, -0.1) is 0 Å². The van der Waals surface area contributed by atoms with Gasteiger partial charge in [0.2, 0.25) is 0 Å². The Kier molecular flexibility index (Phi) is 6.56. The van der Waals surface area contributed by atoms with Gasteiger partial charge in [0.05, 0.1) is 51.5 Å². The van der Waals surface area contributed by atoms with E-state index in [1.807, 2.05) is 91.0 Å². The molecule has 0 atom stereocenters. The Morgan fingerprint density at radius 2 is 0.980 bits per heavy atom. The van der Waals surface area contributed by atoms with E-state index in [-0.39, 0.29) is 0 Å². The highest BCUT2D eigenvalue weighted by atomic mass is 15.0. The number of benzene rings is 7. The third kappa shape index (κ3) is 4.24. The van der Waals surface area contributed by atoms with E-state index in [9.17, 15) is 10.5 Å². The van der Waals surface area contributed by atoms with Crippen LogP contribution in [0.3, 0.4) is 0 Å². The fraction of sp³-hybridized carbons (Fsp3) is 0. The largest absolute Gasteiger partial charge is 0.310 e. The van der Waals surface area contributed by atoms with Gasteiger partial charge in [0, 0.05) is 38.4 Å². The Hall–Kier alpha value is -7.39. The molecule has 2 aromatic heterocycles. The van der Waals surface area contributed by atoms with Gasteiger partial charge in [-0.3, -0.25) is 0 Å². The Morgan fingerprint density at radius 1 is 0.440 bits per heavy atom. The topological polar surface area (TPSA) is 61.8 Å². The minimum atomic E-state index is 0.545. The highest BCUT2D eigenvalue weighted by molar-refractivity contribution is 6.11. The molecule has 0 aliphatic rings. The summed E-state index contributed by atoms with van der Waals surface area (Å²) < 4.78 is 4.38. The molecular formula is C45H25N5. The highest BCUT2D eigenvalue weighted by Crippen LogP contribution is 2.43. The van der Waals surface area contributed by atoms with E-state index in [2.05, 4.69) is 86.8 Å². The van der Waals surface area contributed by atoms with Crippen LogP contribution in [0.5, 0.6) is 0 Å². The lowest BCUT2D eigenvalue weighted by Gasteiger charge is -2.19. The molecule has 7 aromatic carbocycles. The van der Waals surface area contributed by atoms with Crippen LogP contribution in [-0.4, -0.2) is 9.13 Å². The quantitative estimate of drug-likeness (QED) is 0.181. The fourth-order valence-corrected chi connectivity index (χ4v) is 7.51. The zero-order chi connectivity index (χ0) is 33.8. The SMILES string of the molecule is [C-]#[N+]c1ccc(-c2ccccc2-c2cccc(-n3c4ccccc4c4cc(C#N)ccc43)c2C#N)c(-n2c3ccccc3c3ccccc32)c1. The first-order valence-corrected chi connectivity index (χ1v) is 16.3. The molecule has 0 saturated carbocycles. The van der Waals surface area contributed by atoms with Gasteiger partial charge in [0.1, 0.15) is 6.07 Å². The van der Waals surface area contributed by atoms with E-state index in [1.54, 1.807) is 0 Å². The molecule has 2 heterocycles. The maximum atomic E-state index is 10.9. The second-order valence-corrected chi connectivity index (χ2v) is 12.2. The molecule has 0 bridgehead atoms. The first-order valence-electron chi connectivity index (χ1n) is 16.3. The van der Waals surface area contributed by atoms with E-state index >= 15 is 0 Å². The van der Waals surface area contributed by atoms with E-state index in [4.69, 9.17) is 6.57 Å². The first kappa shape index (κ1) is 28.8. The van der Waals surface area contributed by atoms with Crippen LogP contribution in [0.1, 0.15) is 11.1 Å². The Bertz CT molecular complexity index is 2920. The molecule has 0 spiro atoms. The Balaban J connectivity index is 1.32. The van der Waals surface area contributed by atoms with Crippen molar-refractivity contribution in [2.75, 3.05) is 0 Å². The molecule has 50 heavy (non-hydrogen) atoms. The molecular weight excluding hydrogens is 611 g/mol. The summed E-state index contributed by atoms with van der Waals surface area (Å²) in [6.45, 7) is 7.89. The number of fused-ring (bicyclic) bond motifs is 6. The van der Waals surface area contributed by atoms with Crippen molar-refractivity contribution in [2.45, 2.75) is 0 Å². The summed E-state index contributed by atoms with van der Waals surface area (Å²) in [5, 5.41) is 24.8. The summed E-state index contributed by atoms with van der Waals surface area (Å²) in [7, 11) is 0. The van der Waals surface area contributed by atoms with E-state index in [1.165, 1.54) is 0 Å². The molecule has 9 aromatic rings. The number of hydrogen-bond donors (Lipinski definition) is 0. The van der Waals surface area contributed by atoms with E-state index in [0.29, 0.717) is 16.8 Å². The highest BCUT2D eigenvalue weighted by Gasteiger charge is 2.22. The predicted octanol–water partition coefficient (Wildman–Crippen LogP) is 11.5. The summed E-state index contributed by atoms with van der Waals surface area (Å²) in [5.74, 6) is 0. The summed E-state index contributed by atoms with van der Waals surface area (Å²) >= 11 is 0. The van der Waals surface area contributed by atoms with Crippen molar-refractivity contribution in [1.29, 1.82) is 10.5 Å². The molecule has 0 aliphatic heterocycles. The molecule has 0 amide bonds. The summed E-state index contributed by atoms with van der Waals surface area (Å²) in [4.78, 5) is 3.82. The lowest BCUT2D eigenvalue weighted by Crippen LogP contribution is -2.01. The average Bonchev–Trinajstić information content (AvgIpc) is 3.69. The number of nitrogens with zero attached hydrogens (tertiary/aromatic N) is 5. The van der Waals surface area contributed by atoms with Crippen molar-refractivity contribution >= 4 is 49.3 Å². The molecule has 0 saturated heterocycles. The van der Waals surface area contributed by atoms with Gasteiger partial charge in [-0.25, -0.2) is 4.85 Å². The summed E-state index contributed by atoms with van der Waals surface area (Å²) in [6.07, 6.45) is 0. The number of para-hydroxylation sites is 3. The number of rotatable bonds is 4. The molecule has 230 valence electrons. The van der Waals surface area contributed by atoms with Gasteiger partial charge in [-0.05, 0) is 59.7 Å². The van der Waals surface area contributed by atoms with Crippen molar-refractivity contribution in [3.63, 3.8) is 0 Å². The lowest BCUT2D eigenvalue weighted by molar-refractivity contribution is 1.17. The zero-order valence-electron chi connectivity index (χ0n) is 26.7. The molecule has 0 N–H and O–H groups in total. The smallest absolute Gasteiger partial charge is 0.189 e. The Morgan fingerprint density at radius 3 is 1.60 bits per heavy atom. The summed E-state index contributed by atoms with van der Waals surface area (Å²) in [5.41, 5.74) is 11.0. The van der Waals surface area contributed by atoms with Crippen LogP contribution in [0.15, 0.2) is 152 Å². The molecule has 0 aliphatic carbocycles. The van der Waals surface area contributed by atoms with Gasteiger partial charge in [0.25, 0.3) is 0 Å². The molecule has 9 rings (SSSR count). The van der Waals surface area contributed by atoms with Gasteiger partial charge >= 0.3 is 0 Å². The van der Waals surface area contributed by atoms with Gasteiger partial charge in [-0.2, -0.15) is 10.5 Å². The van der Waals surface area contributed by atoms with Crippen molar-refractivity contribution in [3.8, 4) is 45.8 Å². The van der Waals surface area contributed by atoms with Gasteiger partial charge < -0.3 is 9.13 Å². The van der Waals surface area contributed by atoms with Crippen LogP contribution >= 0.6 is 0 Å². The van der Waals surface area contributed by atoms with Crippen LogP contribution in [0.4, 0.5) is 5.69 Å². The molecule has 5 nitrogen and oxygen atoms in total. The fourth-order valence-electron chi connectivity index (χ4n) is 7.51. The van der Waals surface area contributed by atoms with Crippen LogP contribution < -0.4 is 0 Å². The number of nitriles is 2. The third-order valence-corrected chi connectivity index (χ3v) is 9.64. The van der Waals surface area contributed by atoms with Crippen molar-refractivity contribution in [1.82, 2.24) is 9.13 Å². The lowest BCUT2D eigenvalue weighted by atomic mass is 9.90. The van der Waals surface area contributed by atoms with Crippen LogP contribution in [0, 0.1) is 29.2 Å². The van der Waals surface area contributed by atoms with Crippen LogP contribution in [0.2, 0.25) is 0 Å². The minimum absolute atomic E-state index is 0.545. The minimum Gasteiger partial charge on any atom is -0.310 e. The van der Waals surface area contributed by atoms with Crippen LogP contribution in [-0.2, 0) is 0 Å². The summed E-state index contributed by atoms with van der Waals surface area (Å²) in [6, 6.07) is 55.4. The monoisotopic (exact) mass is 635 g/mol. The maximum absolute atomic E-state index is 10.9. The molecule has 0 unspecified atom stereocenters. The van der Waals surface area contributed by atoms with Crippen molar-refractivity contribution in [2.24, 2.45) is 0 Å². The predicted molar refractivity (Wildman–Crippen MR) is 202 cm³/mol. The molecule has 0 radical (unpaired) electrons. The first-order chi connectivity index (χ1) is 24.7. The van der Waals surface area contributed by atoms with Crippen molar-refractivity contribution < 1.29 is 0 Å². The zero-order valence-corrected chi connectivity index (χ0v) is 26.7. The van der Waals surface area contributed by atoms with E-state index in [0.717, 1.165) is 77.2 Å². The normalized spacial score (nSPS) is 11.1. The average molecular weight is 636 g/mol. The van der Waals surface area contributed by atoms with Crippen molar-refractivity contribution in [3.05, 3.63) is 174 Å². The third-order valence-electron chi connectivity index (χ3n) is 9.64. The Labute approximate surface area is 288 Å². The number of hydrogen-bond acceptors (Lipinski definition) is 2. The number of aromatic nitrogens is 2. The standard InChI is InChI=1S/C45H25N5/c1-48-30-22-23-37(45(26-30)50-40-17-7-4-13-34(40)35-14-5-8-18-41(35)50)32-12-3-2-11-31(32)33-16-10-20-43(39(33)28-47)49-42-19-9-6-15-36(42)38-25-29(27-46)21-24-44(38)49/h2-26H. The van der Waals surface area contributed by atoms with Gasteiger partial charge in [-0.1, -0.05) is 103 Å².